The van der Waals surface area contributed by atoms with Gasteiger partial charge in [-0.1, -0.05) is 60.7 Å². The number of nitrogens with zero attached hydrogens (tertiary/aromatic N) is 1. The smallest absolute Gasteiger partial charge is 0.411 e. The first kappa shape index (κ1) is 30.3. The van der Waals surface area contributed by atoms with Crippen LogP contribution in [0.5, 0.6) is 0 Å². The zero-order valence-electron chi connectivity index (χ0n) is 23.6. The molecule has 2 aromatic rings. The molecule has 1 aliphatic heterocycles. The molecule has 39 heavy (non-hydrogen) atoms. The fourth-order valence-electron chi connectivity index (χ4n) is 4.94. The first-order valence-corrected chi connectivity index (χ1v) is 13.5. The van der Waals surface area contributed by atoms with Crippen molar-refractivity contribution in [1.82, 2.24) is 4.90 Å². The van der Waals surface area contributed by atoms with Gasteiger partial charge in [-0.05, 0) is 58.6 Å². The number of ketones is 1. The molecular weight excluding hydrogens is 498 g/mol. The minimum absolute atomic E-state index is 0.0569. The van der Waals surface area contributed by atoms with Gasteiger partial charge >= 0.3 is 12.1 Å². The third-order valence-corrected chi connectivity index (χ3v) is 7.06. The molecule has 1 heterocycles. The number of ether oxygens (including phenoxy) is 3. The van der Waals surface area contributed by atoms with Crippen molar-refractivity contribution in [2.45, 2.75) is 90.4 Å². The summed E-state index contributed by atoms with van der Waals surface area (Å²) in [6.45, 7) is 9.06. The van der Waals surface area contributed by atoms with E-state index >= 15 is 0 Å². The Balaban J connectivity index is 1.83. The second-order valence-corrected chi connectivity index (χ2v) is 11.2. The average molecular weight is 540 g/mol. The van der Waals surface area contributed by atoms with Gasteiger partial charge in [-0.25, -0.2) is 4.79 Å². The molecular formula is C31H41NO7. The molecule has 1 N–H and O–H groups in total. The predicted molar refractivity (Wildman–Crippen MR) is 147 cm³/mol. The molecule has 0 radical (unpaired) electrons. The van der Waals surface area contributed by atoms with E-state index in [4.69, 9.17) is 14.2 Å². The first-order chi connectivity index (χ1) is 18.4. The highest BCUT2D eigenvalue weighted by atomic mass is 16.6. The van der Waals surface area contributed by atoms with E-state index in [2.05, 4.69) is 0 Å². The van der Waals surface area contributed by atoms with Gasteiger partial charge in [0.1, 0.15) is 17.7 Å². The summed E-state index contributed by atoms with van der Waals surface area (Å²) < 4.78 is 17.2. The van der Waals surface area contributed by atoms with Crippen LogP contribution in [-0.4, -0.2) is 57.7 Å². The number of hydrogen-bond donors (Lipinski definition) is 1. The monoisotopic (exact) mass is 539 g/mol. The minimum Gasteiger partial charge on any atom is -0.461 e. The summed E-state index contributed by atoms with van der Waals surface area (Å²) in [5, 5.41) is 10.9. The van der Waals surface area contributed by atoms with Crippen LogP contribution in [0.25, 0.3) is 0 Å². The molecule has 0 spiro atoms. The van der Waals surface area contributed by atoms with Crippen LogP contribution in [0.2, 0.25) is 0 Å². The molecule has 1 fully saturated rings. The summed E-state index contributed by atoms with van der Waals surface area (Å²) in [4.78, 5) is 41.8. The maximum atomic E-state index is 14.0. The van der Waals surface area contributed by atoms with Crippen molar-refractivity contribution in [3.8, 4) is 0 Å². The molecule has 8 nitrogen and oxygen atoms in total. The summed E-state index contributed by atoms with van der Waals surface area (Å²) in [5.41, 5.74) is -0.517. The van der Waals surface area contributed by atoms with E-state index in [9.17, 15) is 19.5 Å². The summed E-state index contributed by atoms with van der Waals surface area (Å²) >= 11 is 0. The van der Waals surface area contributed by atoms with Crippen LogP contribution in [0.4, 0.5) is 4.79 Å². The van der Waals surface area contributed by atoms with E-state index < -0.39 is 47.1 Å². The van der Waals surface area contributed by atoms with Crippen molar-refractivity contribution in [3.63, 3.8) is 0 Å². The van der Waals surface area contributed by atoms with E-state index in [0.717, 1.165) is 11.1 Å². The van der Waals surface area contributed by atoms with Crippen LogP contribution in [0, 0.1) is 5.92 Å². The van der Waals surface area contributed by atoms with Crippen molar-refractivity contribution in [2.24, 2.45) is 5.92 Å². The van der Waals surface area contributed by atoms with Crippen LogP contribution < -0.4 is 0 Å². The van der Waals surface area contributed by atoms with Crippen LogP contribution in [-0.2, 0) is 37.0 Å². The van der Waals surface area contributed by atoms with Crippen molar-refractivity contribution in [2.75, 3.05) is 6.54 Å². The molecule has 212 valence electrons. The Kier molecular flexibility index (Phi) is 10.3. The Bertz CT molecular complexity index is 1100. The van der Waals surface area contributed by atoms with Gasteiger partial charge in [0, 0.05) is 13.0 Å². The topological polar surface area (TPSA) is 102 Å². The fourth-order valence-corrected chi connectivity index (χ4v) is 4.94. The lowest BCUT2D eigenvalue weighted by molar-refractivity contribution is -0.159. The molecule has 0 aliphatic carbocycles. The van der Waals surface area contributed by atoms with Gasteiger partial charge in [0.15, 0.2) is 5.78 Å². The Labute approximate surface area is 231 Å². The molecule has 0 aromatic heterocycles. The number of carbonyl (C=O) groups excluding carboxylic acids is 3. The molecule has 0 bridgehead atoms. The summed E-state index contributed by atoms with van der Waals surface area (Å²) in [6.07, 6.45) is -1.95. The number of Topliss-reactive ketones (excluding diaryl/α,β-unsaturated/α-hetero) is 1. The number of aliphatic hydroxyl groups excluding tert-OH is 1. The Morgan fingerprint density at radius 3 is 2.05 bits per heavy atom. The number of benzene rings is 2. The normalized spacial score (nSPS) is 19.7. The number of rotatable bonds is 11. The second-order valence-electron chi connectivity index (χ2n) is 11.2. The molecule has 8 heteroatoms. The molecule has 1 saturated heterocycles. The molecule has 2 aromatic carbocycles. The first-order valence-electron chi connectivity index (χ1n) is 13.5. The summed E-state index contributed by atoms with van der Waals surface area (Å²) in [7, 11) is 0. The number of hydrogen-bond acceptors (Lipinski definition) is 7. The van der Waals surface area contributed by atoms with Gasteiger partial charge in [0.05, 0.1) is 24.7 Å². The van der Waals surface area contributed by atoms with E-state index in [1.807, 2.05) is 60.7 Å². The highest BCUT2D eigenvalue weighted by Crippen LogP contribution is 2.37. The largest absolute Gasteiger partial charge is 0.461 e. The highest BCUT2D eigenvalue weighted by molar-refractivity contribution is 5.95. The third kappa shape index (κ3) is 7.90. The van der Waals surface area contributed by atoms with Gasteiger partial charge in [-0.2, -0.15) is 0 Å². The van der Waals surface area contributed by atoms with Crippen LogP contribution >= 0.6 is 0 Å². The van der Waals surface area contributed by atoms with Gasteiger partial charge in [-0.3, -0.25) is 14.5 Å². The van der Waals surface area contributed by atoms with Crippen molar-refractivity contribution in [3.05, 3.63) is 71.8 Å². The maximum absolute atomic E-state index is 14.0. The number of amides is 1. The van der Waals surface area contributed by atoms with E-state index in [0.29, 0.717) is 6.42 Å². The van der Waals surface area contributed by atoms with E-state index in [1.165, 1.54) is 11.8 Å². The number of likely N-dealkylation sites (tertiary alicyclic amines) is 1. The zero-order valence-corrected chi connectivity index (χ0v) is 23.6. The lowest BCUT2D eigenvalue weighted by atomic mass is 9.80. The predicted octanol–water partition coefficient (Wildman–Crippen LogP) is 5.06. The summed E-state index contributed by atoms with van der Waals surface area (Å²) in [5.74, 6) is -1.94. The number of aliphatic hydroxyl groups is 1. The van der Waals surface area contributed by atoms with Crippen molar-refractivity contribution in [1.29, 1.82) is 0 Å². The quantitative estimate of drug-likeness (QED) is 0.398. The van der Waals surface area contributed by atoms with Crippen molar-refractivity contribution >= 4 is 17.8 Å². The van der Waals surface area contributed by atoms with E-state index in [-0.39, 0.29) is 32.6 Å². The molecule has 1 aliphatic rings. The fraction of sp³-hybridized carbons (Fsp3) is 0.516. The van der Waals surface area contributed by atoms with Crippen LogP contribution in [0.15, 0.2) is 60.7 Å². The summed E-state index contributed by atoms with van der Waals surface area (Å²) in [6, 6.07) is 18.8. The van der Waals surface area contributed by atoms with E-state index in [1.54, 1.807) is 27.7 Å². The van der Waals surface area contributed by atoms with Crippen LogP contribution in [0.1, 0.15) is 65.0 Å². The molecule has 1 amide bonds. The minimum atomic E-state index is -1.50. The molecule has 4 atom stereocenters. The lowest BCUT2D eigenvalue weighted by Gasteiger charge is -2.40. The van der Waals surface area contributed by atoms with Gasteiger partial charge in [-0.15, -0.1) is 0 Å². The standard InChI is InChI=1S/C31H41NO7/c1-22(37-20-24-13-8-6-9-14-24)26(28(35)38-21-25-15-10-7-11-16-25)19-27(34)31(23(2)33)17-12-18-32(31)29(36)39-30(3,4)5/h6-11,13-16,22-23,26,33H,12,17-21H2,1-5H3/t22-,23?,26+,31?/m1/s1. The second kappa shape index (κ2) is 13.2. The number of carbonyl (C=O) groups is 3. The SMILES string of the molecule is CC(O)C1(C(=O)C[C@H](C(=O)OCc2ccccc2)[C@@H](C)OCc2ccccc2)CCCN1C(=O)OC(C)(C)C. The Morgan fingerprint density at radius 2 is 1.51 bits per heavy atom. The molecule has 0 saturated carbocycles. The van der Waals surface area contributed by atoms with Gasteiger partial charge < -0.3 is 19.3 Å². The number of esters is 1. The van der Waals surface area contributed by atoms with Gasteiger partial charge in [0.2, 0.25) is 0 Å². The lowest BCUT2D eigenvalue weighted by Crippen LogP contribution is -2.61. The average Bonchev–Trinajstić information content (AvgIpc) is 3.36. The highest BCUT2D eigenvalue weighted by Gasteiger charge is 2.54. The van der Waals surface area contributed by atoms with Crippen molar-refractivity contribution < 1.29 is 33.7 Å². The molecule has 2 unspecified atom stereocenters. The molecule has 3 rings (SSSR count). The van der Waals surface area contributed by atoms with Crippen LogP contribution in [0.3, 0.4) is 0 Å². The zero-order chi connectivity index (χ0) is 28.6. The third-order valence-electron chi connectivity index (χ3n) is 7.06. The Morgan fingerprint density at radius 1 is 0.949 bits per heavy atom. The Hall–Kier alpha value is -3.23. The van der Waals surface area contributed by atoms with Gasteiger partial charge in [0.25, 0.3) is 0 Å². The maximum Gasteiger partial charge on any atom is 0.411 e.